The zero-order valence-electron chi connectivity index (χ0n) is 12.9. The number of aromatic hydroxyl groups is 1. The zero-order chi connectivity index (χ0) is 14.9. The van der Waals surface area contributed by atoms with E-state index in [1.165, 1.54) is 32.1 Å². The molecule has 1 saturated carbocycles. The Morgan fingerprint density at radius 1 is 1.24 bits per heavy atom. The lowest BCUT2D eigenvalue weighted by Crippen LogP contribution is -2.20. The van der Waals surface area contributed by atoms with Gasteiger partial charge in [-0.25, -0.2) is 0 Å². The third-order valence-corrected chi connectivity index (χ3v) is 4.01. The van der Waals surface area contributed by atoms with Gasteiger partial charge < -0.3 is 19.9 Å². The molecule has 21 heavy (non-hydrogen) atoms. The summed E-state index contributed by atoms with van der Waals surface area (Å²) in [7, 11) is 1.60. The quantitative estimate of drug-likeness (QED) is 0.723. The molecule has 0 heterocycles. The van der Waals surface area contributed by atoms with Crippen LogP contribution in [0.5, 0.6) is 11.5 Å². The number of nitrogens with one attached hydrogen (secondary N) is 1. The highest BCUT2D eigenvalue weighted by Crippen LogP contribution is 2.23. The van der Waals surface area contributed by atoms with Gasteiger partial charge in [-0.2, -0.15) is 0 Å². The molecule has 0 amide bonds. The van der Waals surface area contributed by atoms with Crippen LogP contribution in [-0.2, 0) is 11.3 Å². The van der Waals surface area contributed by atoms with E-state index in [9.17, 15) is 5.11 Å². The molecule has 1 aliphatic carbocycles. The molecule has 1 aromatic rings. The fourth-order valence-corrected chi connectivity index (χ4v) is 2.72. The molecule has 0 spiro atoms. The van der Waals surface area contributed by atoms with Crippen molar-refractivity contribution in [2.75, 3.05) is 20.3 Å². The van der Waals surface area contributed by atoms with Gasteiger partial charge in [0.1, 0.15) is 11.5 Å². The molecular weight excluding hydrogens is 266 g/mol. The molecule has 0 bridgehead atoms. The minimum absolute atomic E-state index is 0.278. The number of hydrogen-bond donors (Lipinski definition) is 2. The normalized spacial score (nSPS) is 16.0. The van der Waals surface area contributed by atoms with Gasteiger partial charge in [0.25, 0.3) is 0 Å². The lowest BCUT2D eigenvalue weighted by atomic mass is 9.98. The molecule has 4 heteroatoms. The van der Waals surface area contributed by atoms with Crippen LogP contribution in [0.1, 0.15) is 44.1 Å². The minimum atomic E-state index is 0.278. The fourth-order valence-electron chi connectivity index (χ4n) is 2.72. The van der Waals surface area contributed by atoms with Gasteiger partial charge in [-0.15, -0.1) is 0 Å². The van der Waals surface area contributed by atoms with E-state index in [1.54, 1.807) is 13.2 Å². The van der Waals surface area contributed by atoms with E-state index in [1.807, 2.05) is 12.1 Å². The van der Waals surface area contributed by atoms with Crippen LogP contribution in [0.3, 0.4) is 0 Å². The highest BCUT2D eigenvalue weighted by molar-refractivity contribution is 5.39. The van der Waals surface area contributed by atoms with Crippen molar-refractivity contribution < 1.29 is 14.6 Å². The molecule has 2 rings (SSSR count). The summed E-state index contributed by atoms with van der Waals surface area (Å²) in [5, 5.41) is 13.2. The average molecular weight is 293 g/mol. The van der Waals surface area contributed by atoms with Gasteiger partial charge in [0, 0.05) is 24.8 Å². The molecule has 0 saturated heterocycles. The predicted molar refractivity (Wildman–Crippen MR) is 83.8 cm³/mol. The summed E-state index contributed by atoms with van der Waals surface area (Å²) in [6, 6.07) is 5.39. The summed E-state index contributed by atoms with van der Waals surface area (Å²) >= 11 is 0. The maximum absolute atomic E-state index is 9.85. The molecule has 0 aliphatic heterocycles. The second-order valence-corrected chi connectivity index (χ2v) is 5.66. The molecule has 0 unspecified atom stereocenters. The molecule has 4 nitrogen and oxygen atoms in total. The van der Waals surface area contributed by atoms with Crippen molar-refractivity contribution in [3.05, 3.63) is 23.8 Å². The number of phenols is 1. The standard InChI is InChI=1S/C17H27NO3/c1-20-16-9-8-14(17(19)12-16)13-18-10-5-11-21-15-6-3-2-4-7-15/h8-9,12,15,18-19H,2-7,10-11,13H2,1H3. The molecular formula is C17H27NO3. The molecule has 118 valence electrons. The largest absolute Gasteiger partial charge is 0.507 e. The van der Waals surface area contributed by atoms with Crippen molar-refractivity contribution in [2.45, 2.75) is 51.2 Å². The summed E-state index contributed by atoms with van der Waals surface area (Å²) in [4.78, 5) is 0. The lowest BCUT2D eigenvalue weighted by Gasteiger charge is -2.21. The van der Waals surface area contributed by atoms with Crippen LogP contribution in [0.4, 0.5) is 0 Å². The lowest BCUT2D eigenvalue weighted by molar-refractivity contribution is 0.0273. The minimum Gasteiger partial charge on any atom is -0.507 e. The van der Waals surface area contributed by atoms with Gasteiger partial charge in [-0.05, 0) is 31.9 Å². The smallest absolute Gasteiger partial charge is 0.123 e. The predicted octanol–water partition coefficient (Wildman–Crippen LogP) is 3.23. The number of hydrogen-bond acceptors (Lipinski definition) is 4. The highest BCUT2D eigenvalue weighted by Gasteiger charge is 2.12. The zero-order valence-corrected chi connectivity index (χ0v) is 12.9. The monoisotopic (exact) mass is 293 g/mol. The van der Waals surface area contributed by atoms with Gasteiger partial charge >= 0.3 is 0 Å². The van der Waals surface area contributed by atoms with Crippen LogP contribution < -0.4 is 10.1 Å². The first-order chi connectivity index (χ1) is 10.3. The molecule has 0 radical (unpaired) electrons. The number of methoxy groups -OCH3 is 1. The number of rotatable bonds is 8. The third-order valence-electron chi connectivity index (χ3n) is 4.01. The maximum Gasteiger partial charge on any atom is 0.123 e. The highest BCUT2D eigenvalue weighted by atomic mass is 16.5. The fraction of sp³-hybridized carbons (Fsp3) is 0.647. The molecule has 1 fully saturated rings. The first kappa shape index (κ1) is 16.1. The van der Waals surface area contributed by atoms with Crippen LogP contribution in [0.15, 0.2) is 18.2 Å². The van der Waals surface area contributed by atoms with E-state index in [-0.39, 0.29) is 5.75 Å². The molecule has 0 atom stereocenters. The van der Waals surface area contributed by atoms with Crippen molar-refractivity contribution in [1.29, 1.82) is 0 Å². The van der Waals surface area contributed by atoms with Crippen LogP contribution >= 0.6 is 0 Å². The molecule has 0 aromatic heterocycles. The van der Waals surface area contributed by atoms with E-state index in [0.717, 1.165) is 25.1 Å². The van der Waals surface area contributed by atoms with E-state index in [0.29, 0.717) is 18.4 Å². The third kappa shape index (κ3) is 5.56. The number of ether oxygens (including phenoxy) is 2. The second kappa shape index (κ2) is 8.90. The Balaban J connectivity index is 1.57. The van der Waals surface area contributed by atoms with Crippen molar-refractivity contribution in [1.82, 2.24) is 5.32 Å². The summed E-state index contributed by atoms with van der Waals surface area (Å²) in [6.45, 7) is 2.39. The van der Waals surface area contributed by atoms with E-state index in [4.69, 9.17) is 9.47 Å². The van der Waals surface area contributed by atoms with E-state index >= 15 is 0 Å². The topological polar surface area (TPSA) is 50.7 Å². The Morgan fingerprint density at radius 2 is 2.05 bits per heavy atom. The summed E-state index contributed by atoms with van der Waals surface area (Å²) in [6.07, 6.45) is 7.96. The Kier molecular flexibility index (Phi) is 6.83. The molecule has 2 N–H and O–H groups in total. The van der Waals surface area contributed by atoms with E-state index in [2.05, 4.69) is 5.32 Å². The maximum atomic E-state index is 9.85. The van der Waals surface area contributed by atoms with Gasteiger partial charge in [0.2, 0.25) is 0 Å². The number of phenolic OH excluding ortho intramolecular Hbond substituents is 1. The second-order valence-electron chi connectivity index (χ2n) is 5.66. The first-order valence-corrected chi connectivity index (χ1v) is 7.98. The van der Waals surface area contributed by atoms with Gasteiger partial charge in [0.05, 0.1) is 13.2 Å². The Bertz CT molecular complexity index is 416. The molecule has 1 aromatic carbocycles. The summed E-state index contributed by atoms with van der Waals surface area (Å²) in [5.74, 6) is 0.956. The van der Waals surface area contributed by atoms with Crippen LogP contribution in [0, 0.1) is 0 Å². The van der Waals surface area contributed by atoms with Crippen molar-refractivity contribution in [3.8, 4) is 11.5 Å². The van der Waals surface area contributed by atoms with Gasteiger partial charge in [-0.3, -0.25) is 0 Å². The first-order valence-electron chi connectivity index (χ1n) is 7.98. The average Bonchev–Trinajstić information content (AvgIpc) is 2.53. The van der Waals surface area contributed by atoms with Crippen molar-refractivity contribution >= 4 is 0 Å². The summed E-state index contributed by atoms with van der Waals surface area (Å²) in [5.41, 5.74) is 0.893. The molecule has 1 aliphatic rings. The van der Waals surface area contributed by atoms with Crippen molar-refractivity contribution in [2.24, 2.45) is 0 Å². The Labute approximate surface area is 127 Å². The SMILES string of the molecule is COc1ccc(CNCCCOC2CCCCC2)c(O)c1. The summed E-state index contributed by atoms with van der Waals surface area (Å²) < 4.78 is 11.0. The van der Waals surface area contributed by atoms with E-state index < -0.39 is 0 Å². The van der Waals surface area contributed by atoms with Crippen LogP contribution in [0.2, 0.25) is 0 Å². The van der Waals surface area contributed by atoms with Crippen molar-refractivity contribution in [3.63, 3.8) is 0 Å². The van der Waals surface area contributed by atoms with Crippen LogP contribution in [-0.4, -0.2) is 31.5 Å². The number of benzene rings is 1. The Morgan fingerprint density at radius 3 is 2.76 bits per heavy atom. The van der Waals surface area contributed by atoms with Gasteiger partial charge in [0.15, 0.2) is 0 Å². The van der Waals surface area contributed by atoms with Crippen LogP contribution in [0.25, 0.3) is 0 Å². The van der Waals surface area contributed by atoms with Gasteiger partial charge in [-0.1, -0.05) is 25.3 Å². The Hall–Kier alpha value is -1.26.